The van der Waals surface area contributed by atoms with E-state index in [0.717, 1.165) is 27.3 Å². The van der Waals surface area contributed by atoms with Crippen molar-refractivity contribution < 1.29 is 19.1 Å². The number of halogens is 1. The third kappa shape index (κ3) is 3.33. The maximum absolute atomic E-state index is 13.7. The normalized spacial score (nSPS) is 23.6. The number of carbonyl (C=O) groups excluding carboxylic acids is 2. The van der Waals surface area contributed by atoms with E-state index in [1.807, 2.05) is 44.2 Å². The Kier molecular flexibility index (Phi) is 5.67. The summed E-state index contributed by atoms with van der Waals surface area (Å²) in [6.07, 6.45) is 1.54. The quantitative estimate of drug-likeness (QED) is 0.304. The number of hydrogen-bond donors (Lipinski definition) is 0. The van der Waals surface area contributed by atoms with Crippen LogP contribution in [0.3, 0.4) is 0 Å². The second kappa shape index (κ2) is 8.89. The van der Waals surface area contributed by atoms with Crippen LogP contribution in [-0.2, 0) is 9.59 Å². The Hall–Kier alpha value is -3.45. The third-order valence-corrected chi connectivity index (χ3v) is 7.96. The van der Waals surface area contributed by atoms with Gasteiger partial charge in [-0.25, -0.2) is 0 Å². The van der Waals surface area contributed by atoms with Crippen LogP contribution in [0.15, 0.2) is 70.2 Å². The summed E-state index contributed by atoms with van der Waals surface area (Å²) < 4.78 is 12.2. The standard InChI is InChI=1S/C29H25BrN2O4/c1-3-35-22-14-16(13-21(30)27(22)36-4-2)15-31-32-28(33)25-23-17-9-5-6-10-18(17)24(26(25)29(32)34)20-12-8-7-11-19(20)23/h5-15,23-26H,3-4H2,1-2H3/b31-15-/t23?,24?,25-,26-/m1/s1. The van der Waals surface area contributed by atoms with Crippen molar-refractivity contribution in [3.05, 3.63) is 93.0 Å². The summed E-state index contributed by atoms with van der Waals surface area (Å²) in [5.74, 6) is -0.479. The van der Waals surface area contributed by atoms with Gasteiger partial charge in [-0.05, 0) is 69.7 Å². The van der Waals surface area contributed by atoms with Crippen LogP contribution in [0.5, 0.6) is 11.5 Å². The monoisotopic (exact) mass is 544 g/mol. The van der Waals surface area contributed by atoms with Crippen molar-refractivity contribution in [3.8, 4) is 11.5 Å². The SMILES string of the molecule is CCOc1cc(/C=N\N2C(=O)[C@@H]3C4c5ccccc5C(c5ccccc54)[C@H]3C2=O)cc(Br)c1OCC. The Bertz CT molecular complexity index is 1300. The molecule has 1 aliphatic heterocycles. The number of rotatable bonds is 6. The minimum atomic E-state index is -0.449. The molecule has 0 spiro atoms. The summed E-state index contributed by atoms with van der Waals surface area (Å²) >= 11 is 3.54. The zero-order chi connectivity index (χ0) is 25.0. The van der Waals surface area contributed by atoms with Crippen LogP contribution in [0.2, 0.25) is 0 Å². The van der Waals surface area contributed by atoms with Gasteiger partial charge in [0.2, 0.25) is 0 Å². The van der Waals surface area contributed by atoms with Gasteiger partial charge < -0.3 is 9.47 Å². The van der Waals surface area contributed by atoms with Crippen LogP contribution in [0.4, 0.5) is 0 Å². The van der Waals surface area contributed by atoms with E-state index in [1.54, 1.807) is 12.3 Å². The first-order valence-electron chi connectivity index (χ1n) is 12.2. The molecule has 2 bridgehead atoms. The Balaban J connectivity index is 1.37. The number of nitrogens with zero attached hydrogens (tertiary/aromatic N) is 2. The molecule has 3 aromatic rings. The molecule has 2 amide bonds. The fourth-order valence-electron chi connectivity index (χ4n) is 6.11. The lowest BCUT2D eigenvalue weighted by Crippen LogP contribution is -2.41. The minimum Gasteiger partial charge on any atom is -0.490 e. The zero-order valence-corrected chi connectivity index (χ0v) is 21.6. The third-order valence-electron chi connectivity index (χ3n) is 7.37. The molecule has 4 aliphatic rings. The predicted molar refractivity (Wildman–Crippen MR) is 139 cm³/mol. The molecule has 0 aromatic heterocycles. The number of carbonyl (C=O) groups is 2. The number of imide groups is 1. The Morgan fingerprint density at radius 1 is 0.833 bits per heavy atom. The van der Waals surface area contributed by atoms with Crippen molar-refractivity contribution in [2.75, 3.05) is 13.2 Å². The minimum absolute atomic E-state index is 0.145. The van der Waals surface area contributed by atoms with Gasteiger partial charge in [0.05, 0.1) is 35.7 Å². The molecule has 182 valence electrons. The predicted octanol–water partition coefficient (Wildman–Crippen LogP) is 5.47. The molecular weight excluding hydrogens is 520 g/mol. The van der Waals surface area contributed by atoms with Crippen LogP contribution in [0.1, 0.15) is 53.5 Å². The van der Waals surface area contributed by atoms with Crippen molar-refractivity contribution in [2.45, 2.75) is 25.7 Å². The summed E-state index contributed by atoms with van der Waals surface area (Å²) in [5, 5.41) is 5.49. The van der Waals surface area contributed by atoms with Gasteiger partial charge in [0, 0.05) is 11.8 Å². The summed E-state index contributed by atoms with van der Waals surface area (Å²) in [7, 11) is 0. The summed E-state index contributed by atoms with van der Waals surface area (Å²) in [4.78, 5) is 27.4. The van der Waals surface area contributed by atoms with Crippen LogP contribution >= 0.6 is 15.9 Å². The molecule has 0 radical (unpaired) electrons. The summed E-state index contributed by atoms with van der Waals surface area (Å²) in [6, 6.07) is 20.0. The lowest BCUT2D eigenvalue weighted by atomic mass is 9.55. The van der Waals surface area contributed by atoms with Gasteiger partial charge in [-0.2, -0.15) is 10.1 Å². The second-order valence-corrected chi connectivity index (χ2v) is 10.0. The van der Waals surface area contributed by atoms with Crippen LogP contribution in [-0.4, -0.2) is 36.3 Å². The molecule has 2 atom stereocenters. The molecule has 0 unspecified atom stereocenters. The maximum atomic E-state index is 13.7. The molecule has 7 heteroatoms. The maximum Gasteiger partial charge on any atom is 0.254 e. The Morgan fingerprint density at radius 3 is 1.81 bits per heavy atom. The van der Waals surface area contributed by atoms with Crippen molar-refractivity contribution >= 4 is 34.0 Å². The first-order valence-corrected chi connectivity index (χ1v) is 13.0. The first kappa shape index (κ1) is 23.0. The lowest BCUT2D eigenvalue weighted by Gasteiger charge is -2.45. The largest absolute Gasteiger partial charge is 0.490 e. The van der Waals surface area contributed by atoms with Crippen LogP contribution in [0, 0.1) is 11.8 Å². The number of hydrogen-bond acceptors (Lipinski definition) is 5. The van der Waals surface area contributed by atoms with Gasteiger partial charge in [0.1, 0.15) is 0 Å². The van der Waals surface area contributed by atoms with Gasteiger partial charge in [-0.15, -0.1) is 0 Å². The van der Waals surface area contributed by atoms with Gasteiger partial charge >= 0.3 is 0 Å². The fraction of sp³-hybridized carbons (Fsp3) is 0.276. The highest BCUT2D eigenvalue weighted by atomic mass is 79.9. The number of hydrazone groups is 1. The van der Waals surface area contributed by atoms with Crippen LogP contribution < -0.4 is 9.47 Å². The van der Waals surface area contributed by atoms with Gasteiger partial charge in [0.15, 0.2) is 11.5 Å². The highest BCUT2D eigenvalue weighted by Gasteiger charge is 2.61. The molecule has 0 saturated carbocycles. The zero-order valence-electron chi connectivity index (χ0n) is 20.0. The van der Waals surface area contributed by atoms with Gasteiger partial charge in [-0.1, -0.05) is 48.5 Å². The van der Waals surface area contributed by atoms with E-state index in [2.05, 4.69) is 45.3 Å². The van der Waals surface area contributed by atoms with Crippen molar-refractivity contribution in [3.63, 3.8) is 0 Å². The summed E-state index contributed by atoms with van der Waals surface area (Å²) in [6.45, 7) is 4.78. The Labute approximate surface area is 218 Å². The fourth-order valence-corrected chi connectivity index (χ4v) is 6.68. The molecule has 1 fully saturated rings. The highest BCUT2D eigenvalue weighted by Crippen LogP contribution is 2.61. The average Bonchev–Trinajstić information content (AvgIpc) is 3.15. The molecule has 0 N–H and O–H groups in total. The second-order valence-electron chi connectivity index (χ2n) is 9.19. The molecule has 1 heterocycles. The highest BCUT2D eigenvalue weighted by molar-refractivity contribution is 9.10. The molecule has 3 aliphatic carbocycles. The van der Waals surface area contributed by atoms with Gasteiger partial charge in [-0.3, -0.25) is 9.59 Å². The number of ether oxygens (including phenoxy) is 2. The van der Waals surface area contributed by atoms with E-state index in [9.17, 15) is 9.59 Å². The first-order chi connectivity index (χ1) is 17.5. The van der Waals surface area contributed by atoms with E-state index in [-0.39, 0.29) is 23.7 Å². The smallest absolute Gasteiger partial charge is 0.254 e. The number of amides is 2. The number of benzene rings is 3. The van der Waals surface area contributed by atoms with E-state index < -0.39 is 11.8 Å². The molecule has 7 rings (SSSR count). The average molecular weight is 545 g/mol. The molecule has 1 saturated heterocycles. The van der Waals surface area contributed by atoms with E-state index in [4.69, 9.17) is 9.47 Å². The Morgan fingerprint density at radius 2 is 1.33 bits per heavy atom. The van der Waals surface area contributed by atoms with E-state index in [0.29, 0.717) is 34.7 Å². The molecule has 36 heavy (non-hydrogen) atoms. The van der Waals surface area contributed by atoms with E-state index >= 15 is 0 Å². The molecule has 6 nitrogen and oxygen atoms in total. The topological polar surface area (TPSA) is 68.2 Å². The summed E-state index contributed by atoms with van der Waals surface area (Å²) in [5.41, 5.74) is 5.27. The van der Waals surface area contributed by atoms with Crippen molar-refractivity contribution in [1.82, 2.24) is 5.01 Å². The van der Waals surface area contributed by atoms with Crippen molar-refractivity contribution in [2.24, 2.45) is 16.9 Å². The lowest BCUT2D eigenvalue weighted by molar-refractivity contribution is -0.139. The van der Waals surface area contributed by atoms with Gasteiger partial charge in [0.25, 0.3) is 11.8 Å². The van der Waals surface area contributed by atoms with Crippen molar-refractivity contribution in [1.29, 1.82) is 0 Å². The van der Waals surface area contributed by atoms with Crippen LogP contribution in [0.25, 0.3) is 0 Å². The molecular formula is C29H25BrN2O4. The van der Waals surface area contributed by atoms with E-state index in [1.165, 1.54) is 0 Å². The molecule has 3 aromatic carbocycles.